The molecule has 2 aromatic carbocycles. The largest absolute Gasteiger partial charge is 0.488 e. The average Bonchev–Trinajstić information content (AvgIpc) is 2.98. The van der Waals surface area contributed by atoms with Gasteiger partial charge >= 0.3 is 0 Å². The SMILES string of the molecule is Cc1ccc(Br)cc1OCc1cnn(-c2ccccc2)c1. The van der Waals surface area contributed by atoms with Crippen LogP contribution < -0.4 is 4.74 Å². The molecule has 1 aromatic heterocycles. The molecule has 0 saturated heterocycles. The Labute approximate surface area is 132 Å². The number of halogens is 1. The third-order valence-corrected chi connectivity index (χ3v) is 3.69. The van der Waals surface area contributed by atoms with E-state index in [0.717, 1.165) is 27.0 Å². The number of ether oxygens (including phenoxy) is 1. The standard InChI is InChI=1S/C17H15BrN2O/c1-13-7-8-15(18)9-17(13)21-12-14-10-19-20(11-14)16-5-3-2-4-6-16/h2-11H,12H2,1H3. The predicted octanol–water partition coefficient (Wildman–Crippen LogP) is 4.52. The van der Waals surface area contributed by atoms with E-state index in [-0.39, 0.29) is 0 Å². The number of rotatable bonds is 4. The third kappa shape index (κ3) is 3.34. The molecule has 0 atom stereocenters. The summed E-state index contributed by atoms with van der Waals surface area (Å²) >= 11 is 3.46. The predicted molar refractivity (Wildman–Crippen MR) is 86.8 cm³/mol. The number of hydrogen-bond acceptors (Lipinski definition) is 2. The van der Waals surface area contributed by atoms with Gasteiger partial charge in [-0.05, 0) is 36.8 Å². The topological polar surface area (TPSA) is 27.1 Å². The molecule has 0 spiro atoms. The van der Waals surface area contributed by atoms with Crippen molar-refractivity contribution in [3.05, 3.63) is 76.5 Å². The van der Waals surface area contributed by atoms with Gasteiger partial charge in [-0.15, -0.1) is 0 Å². The fraction of sp³-hybridized carbons (Fsp3) is 0.118. The monoisotopic (exact) mass is 342 g/mol. The van der Waals surface area contributed by atoms with Gasteiger partial charge in [0.15, 0.2) is 0 Å². The molecule has 3 rings (SSSR count). The van der Waals surface area contributed by atoms with Crippen molar-refractivity contribution in [2.24, 2.45) is 0 Å². The van der Waals surface area contributed by atoms with Crippen LogP contribution in [0.3, 0.4) is 0 Å². The smallest absolute Gasteiger partial charge is 0.123 e. The lowest BCUT2D eigenvalue weighted by molar-refractivity contribution is 0.304. The molecule has 0 amide bonds. The van der Waals surface area contributed by atoms with E-state index >= 15 is 0 Å². The maximum absolute atomic E-state index is 5.87. The first-order chi connectivity index (χ1) is 10.2. The van der Waals surface area contributed by atoms with Crippen molar-refractivity contribution in [3.8, 4) is 11.4 Å². The molecule has 21 heavy (non-hydrogen) atoms. The molecule has 0 bridgehead atoms. The summed E-state index contributed by atoms with van der Waals surface area (Å²) in [6, 6.07) is 16.1. The van der Waals surface area contributed by atoms with Crippen molar-refractivity contribution >= 4 is 15.9 Å². The highest BCUT2D eigenvalue weighted by Crippen LogP contribution is 2.23. The Morgan fingerprint density at radius 3 is 2.76 bits per heavy atom. The van der Waals surface area contributed by atoms with Crippen molar-refractivity contribution in [2.75, 3.05) is 0 Å². The molecular weight excluding hydrogens is 328 g/mol. The lowest BCUT2D eigenvalue weighted by Crippen LogP contribution is -1.96. The van der Waals surface area contributed by atoms with Crippen LogP contribution >= 0.6 is 15.9 Å². The lowest BCUT2D eigenvalue weighted by Gasteiger charge is -2.08. The Morgan fingerprint density at radius 1 is 1.14 bits per heavy atom. The van der Waals surface area contributed by atoms with E-state index in [1.807, 2.05) is 72.5 Å². The van der Waals surface area contributed by atoms with E-state index in [1.54, 1.807) is 0 Å². The first kappa shape index (κ1) is 13.9. The maximum Gasteiger partial charge on any atom is 0.123 e. The second kappa shape index (κ2) is 6.14. The summed E-state index contributed by atoms with van der Waals surface area (Å²) in [5.41, 5.74) is 3.20. The summed E-state index contributed by atoms with van der Waals surface area (Å²) in [4.78, 5) is 0. The Morgan fingerprint density at radius 2 is 1.95 bits per heavy atom. The van der Waals surface area contributed by atoms with Crippen molar-refractivity contribution in [2.45, 2.75) is 13.5 Å². The molecule has 3 aromatic rings. The lowest BCUT2D eigenvalue weighted by atomic mass is 10.2. The summed E-state index contributed by atoms with van der Waals surface area (Å²) < 4.78 is 8.74. The summed E-state index contributed by atoms with van der Waals surface area (Å²) in [6.07, 6.45) is 3.82. The quantitative estimate of drug-likeness (QED) is 0.696. The van der Waals surface area contributed by atoms with Crippen LogP contribution in [0.2, 0.25) is 0 Å². The van der Waals surface area contributed by atoms with Crippen LogP contribution in [0.15, 0.2) is 65.4 Å². The Kier molecular flexibility index (Phi) is 4.06. The van der Waals surface area contributed by atoms with E-state index in [4.69, 9.17) is 4.74 Å². The molecule has 0 unspecified atom stereocenters. The third-order valence-electron chi connectivity index (χ3n) is 3.20. The van der Waals surface area contributed by atoms with Gasteiger partial charge < -0.3 is 4.74 Å². The van der Waals surface area contributed by atoms with E-state index in [2.05, 4.69) is 21.0 Å². The van der Waals surface area contributed by atoms with Gasteiger partial charge in [0.1, 0.15) is 12.4 Å². The molecule has 106 valence electrons. The highest BCUT2D eigenvalue weighted by molar-refractivity contribution is 9.10. The number of aryl methyl sites for hydroxylation is 1. The van der Waals surface area contributed by atoms with Crippen molar-refractivity contribution in [1.82, 2.24) is 9.78 Å². The second-order valence-corrected chi connectivity index (χ2v) is 5.74. The minimum atomic E-state index is 0.504. The molecule has 0 aliphatic carbocycles. The van der Waals surface area contributed by atoms with Gasteiger partial charge in [-0.25, -0.2) is 4.68 Å². The molecule has 4 heteroatoms. The van der Waals surface area contributed by atoms with Gasteiger partial charge in [0.25, 0.3) is 0 Å². The average molecular weight is 343 g/mol. The highest BCUT2D eigenvalue weighted by Gasteiger charge is 2.04. The maximum atomic E-state index is 5.87. The van der Waals surface area contributed by atoms with Crippen LogP contribution in [0.25, 0.3) is 5.69 Å². The van der Waals surface area contributed by atoms with Gasteiger partial charge in [-0.1, -0.05) is 40.2 Å². The fourth-order valence-corrected chi connectivity index (χ4v) is 2.39. The van der Waals surface area contributed by atoms with E-state index in [1.165, 1.54) is 0 Å². The highest BCUT2D eigenvalue weighted by atomic mass is 79.9. The van der Waals surface area contributed by atoms with Crippen molar-refractivity contribution in [1.29, 1.82) is 0 Å². The molecule has 0 aliphatic rings. The fourth-order valence-electron chi connectivity index (χ4n) is 2.05. The number of hydrogen-bond donors (Lipinski definition) is 0. The molecule has 0 saturated carbocycles. The minimum absolute atomic E-state index is 0.504. The minimum Gasteiger partial charge on any atom is -0.488 e. The summed E-state index contributed by atoms with van der Waals surface area (Å²) in [5, 5.41) is 4.37. The molecule has 0 fully saturated rings. The number of aromatic nitrogens is 2. The Hall–Kier alpha value is -2.07. The van der Waals surface area contributed by atoms with E-state index in [9.17, 15) is 0 Å². The summed E-state index contributed by atoms with van der Waals surface area (Å²) in [5.74, 6) is 0.886. The van der Waals surface area contributed by atoms with Crippen LogP contribution in [-0.2, 0) is 6.61 Å². The first-order valence-electron chi connectivity index (χ1n) is 6.70. The Bertz CT molecular complexity index is 738. The second-order valence-electron chi connectivity index (χ2n) is 4.83. The van der Waals surface area contributed by atoms with Gasteiger partial charge in [-0.3, -0.25) is 0 Å². The molecule has 1 heterocycles. The van der Waals surface area contributed by atoms with Crippen LogP contribution in [0.1, 0.15) is 11.1 Å². The van der Waals surface area contributed by atoms with Gasteiger partial charge in [-0.2, -0.15) is 5.10 Å². The number of nitrogens with zero attached hydrogens (tertiary/aromatic N) is 2. The first-order valence-corrected chi connectivity index (χ1v) is 7.49. The normalized spacial score (nSPS) is 10.6. The van der Waals surface area contributed by atoms with Gasteiger partial charge in [0, 0.05) is 16.2 Å². The van der Waals surface area contributed by atoms with Crippen molar-refractivity contribution < 1.29 is 4.74 Å². The van der Waals surface area contributed by atoms with E-state index in [0.29, 0.717) is 6.61 Å². The van der Waals surface area contributed by atoms with Crippen LogP contribution in [0.4, 0.5) is 0 Å². The molecule has 3 nitrogen and oxygen atoms in total. The molecular formula is C17H15BrN2O. The number of benzene rings is 2. The molecule has 0 N–H and O–H groups in total. The van der Waals surface area contributed by atoms with Gasteiger partial charge in [0.05, 0.1) is 11.9 Å². The van der Waals surface area contributed by atoms with Crippen LogP contribution in [-0.4, -0.2) is 9.78 Å². The van der Waals surface area contributed by atoms with Crippen molar-refractivity contribution in [3.63, 3.8) is 0 Å². The molecule has 0 aliphatic heterocycles. The van der Waals surface area contributed by atoms with Gasteiger partial charge in [0.2, 0.25) is 0 Å². The zero-order valence-corrected chi connectivity index (χ0v) is 13.2. The van der Waals surface area contributed by atoms with Crippen LogP contribution in [0.5, 0.6) is 5.75 Å². The zero-order chi connectivity index (χ0) is 14.7. The molecule has 0 radical (unpaired) electrons. The Balaban J connectivity index is 1.72. The van der Waals surface area contributed by atoms with Crippen LogP contribution in [0, 0.1) is 6.92 Å². The number of para-hydroxylation sites is 1. The zero-order valence-electron chi connectivity index (χ0n) is 11.7. The summed E-state index contributed by atoms with van der Waals surface area (Å²) in [7, 11) is 0. The summed E-state index contributed by atoms with van der Waals surface area (Å²) in [6.45, 7) is 2.54. The van der Waals surface area contributed by atoms with E-state index < -0.39 is 0 Å².